The number of rotatable bonds is 1. The first-order chi connectivity index (χ1) is 8.02. The van der Waals surface area contributed by atoms with Crippen LogP contribution in [-0.4, -0.2) is 69.7 Å². The highest BCUT2D eigenvalue weighted by atomic mass is 32.2. The lowest BCUT2D eigenvalue weighted by atomic mass is 10.3. The topological polar surface area (TPSA) is 77.4 Å². The van der Waals surface area contributed by atoms with Gasteiger partial charge in [-0.2, -0.15) is 8.42 Å². The SMILES string of the molecule is CCN=C1NS(=O)(=O)N=C1N1CCN(C)CC1. The molecule has 1 fully saturated rings. The molecular weight excluding hydrogens is 242 g/mol. The van der Waals surface area contributed by atoms with Crippen molar-refractivity contribution in [3.05, 3.63) is 0 Å². The maximum absolute atomic E-state index is 11.4. The van der Waals surface area contributed by atoms with Crippen LogP contribution in [0.5, 0.6) is 0 Å². The molecule has 0 aliphatic carbocycles. The third-order valence-corrected chi connectivity index (χ3v) is 3.63. The molecule has 0 spiro atoms. The lowest BCUT2D eigenvalue weighted by Gasteiger charge is -2.33. The van der Waals surface area contributed by atoms with E-state index in [2.05, 4.69) is 19.0 Å². The predicted octanol–water partition coefficient (Wildman–Crippen LogP) is -1.10. The first kappa shape index (κ1) is 12.3. The molecule has 7 nitrogen and oxygen atoms in total. The van der Waals surface area contributed by atoms with E-state index in [0.717, 1.165) is 26.2 Å². The number of amidine groups is 2. The molecule has 96 valence electrons. The summed E-state index contributed by atoms with van der Waals surface area (Å²) in [5, 5.41) is 0. The highest BCUT2D eigenvalue weighted by molar-refractivity contribution is 7.89. The van der Waals surface area contributed by atoms with Gasteiger partial charge in [0.1, 0.15) is 0 Å². The van der Waals surface area contributed by atoms with Gasteiger partial charge in [0.25, 0.3) is 0 Å². The minimum atomic E-state index is -3.58. The zero-order valence-electron chi connectivity index (χ0n) is 10.0. The molecule has 17 heavy (non-hydrogen) atoms. The maximum Gasteiger partial charge on any atom is 0.345 e. The molecule has 2 aliphatic rings. The first-order valence-electron chi connectivity index (χ1n) is 5.63. The minimum Gasteiger partial charge on any atom is -0.350 e. The van der Waals surface area contributed by atoms with Gasteiger partial charge in [0.05, 0.1) is 0 Å². The van der Waals surface area contributed by atoms with Crippen molar-refractivity contribution >= 4 is 21.9 Å². The maximum atomic E-state index is 11.4. The Morgan fingerprint density at radius 3 is 2.59 bits per heavy atom. The monoisotopic (exact) mass is 259 g/mol. The second-order valence-corrected chi connectivity index (χ2v) is 5.44. The molecule has 1 saturated heterocycles. The number of piperazine rings is 1. The molecule has 0 saturated carbocycles. The molecule has 2 rings (SSSR count). The fraction of sp³-hybridized carbons (Fsp3) is 0.778. The Hall–Kier alpha value is -1.15. The molecule has 0 aromatic carbocycles. The Kier molecular flexibility index (Phi) is 3.34. The van der Waals surface area contributed by atoms with Crippen molar-refractivity contribution in [1.82, 2.24) is 14.5 Å². The standard InChI is InChI=1S/C9H17N5O2S/c1-3-10-8-9(12-17(15,16)11-8)14-6-4-13(2)5-7-14/h3-7H2,1-2H3,(H,10,11). The van der Waals surface area contributed by atoms with Crippen LogP contribution >= 0.6 is 0 Å². The molecule has 0 bridgehead atoms. The number of nitrogens with zero attached hydrogens (tertiary/aromatic N) is 4. The average Bonchev–Trinajstić information content (AvgIpc) is 2.56. The van der Waals surface area contributed by atoms with Gasteiger partial charge in [0.15, 0.2) is 11.7 Å². The number of aliphatic imine (C=N–C) groups is 1. The highest BCUT2D eigenvalue weighted by Gasteiger charge is 2.31. The smallest absolute Gasteiger partial charge is 0.345 e. The van der Waals surface area contributed by atoms with Gasteiger partial charge < -0.3 is 9.80 Å². The van der Waals surface area contributed by atoms with Gasteiger partial charge in [-0.3, -0.25) is 4.99 Å². The zero-order valence-corrected chi connectivity index (χ0v) is 10.9. The van der Waals surface area contributed by atoms with E-state index in [-0.39, 0.29) is 0 Å². The van der Waals surface area contributed by atoms with Crippen LogP contribution in [0.4, 0.5) is 0 Å². The van der Waals surface area contributed by atoms with Crippen molar-refractivity contribution in [2.24, 2.45) is 9.39 Å². The highest BCUT2D eigenvalue weighted by Crippen LogP contribution is 2.09. The van der Waals surface area contributed by atoms with E-state index >= 15 is 0 Å². The van der Waals surface area contributed by atoms with Gasteiger partial charge in [-0.05, 0) is 14.0 Å². The van der Waals surface area contributed by atoms with Gasteiger partial charge in [-0.1, -0.05) is 0 Å². The van der Waals surface area contributed by atoms with Crippen molar-refractivity contribution < 1.29 is 8.42 Å². The second-order valence-electron chi connectivity index (χ2n) is 4.11. The molecule has 0 unspecified atom stereocenters. The quantitative estimate of drug-likeness (QED) is 0.648. The summed E-state index contributed by atoms with van der Waals surface area (Å²) in [7, 11) is -1.53. The van der Waals surface area contributed by atoms with Crippen LogP contribution in [0, 0.1) is 0 Å². The number of hydrogen-bond donors (Lipinski definition) is 1. The van der Waals surface area contributed by atoms with Crippen LogP contribution in [0.2, 0.25) is 0 Å². The van der Waals surface area contributed by atoms with E-state index in [4.69, 9.17) is 0 Å². The summed E-state index contributed by atoms with van der Waals surface area (Å²) in [4.78, 5) is 8.30. The fourth-order valence-electron chi connectivity index (χ4n) is 1.83. The predicted molar refractivity (Wildman–Crippen MR) is 66.5 cm³/mol. The normalized spacial score (nSPS) is 27.1. The Balaban J connectivity index is 2.20. The van der Waals surface area contributed by atoms with Crippen molar-refractivity contribution in [2.45, 2.75) is 6.92 Å². The molecule has 0 radical (unpaired) electrons. The van der Waals surface area contributed by atoms with Crippen LogP contribution < -0.4 is 4.72 Å². The average molecular weight is 259 g/mol. The minimum absolute atomic E-state index is 0.372. The van der Waals surface area contributed by atoms with E-state index < -0.39 is 10.2 Å². The van der Waals surface area contributed by atoms with E-state index in [0.29, 0.717) is 18.2 Å². The van der Waals surface area contributed by atoms with Crippen molar-refractivity contribution in [3.8, 4) is 0 Å². The summed E-state index contributed by atoms with van der Waals surface area (Å²) in [6.45, 7) is 5.74. The lowest BCUT2D eigenvalue weighted by molar-refractivity contribution is 0.217. The molecule has 1 N–H and O–H groups in total. The van der Waals surface area contributed by atoms with Crippen molar-refractivity contribution in [1.29, 1.82) is 0 Å². The summed E-state index contributed by atoms with van der Waals surface area (Å²) in [6, 6.07) is 0. The lowest BCUT2D eigenvalue weighted by Crippen LogP contribution is -2.49. The van der Waals surface area contributed by atoms with Crippen LogP contribution in [0.25, 0.3) is 0 Å². The van der Waals surface area contributed by atoms with Crippen LogP contribution in [0.3, 0.4) is 0 Å². The van der Waals surface area contributed by atoms with E-state index in [1.807, 2.05) is 18.9 Å². The molecule has 0 amide bonds. The van der Waals surface area contributed by atoms with Crippen LogP contribution in [0.15, 0.2) is 9.39 Å². The number of likely N-dealkylation sites (N-methyl/N-ethyl adjacent to an activating group) is 1. The van der Waals surface area contributed by atoms with Gasteiger partial charge in [-0.25, -0.2) is 4.72 Å². The molecule has 0 aromatic rings. The van der Waals surface area contributed by atoms with E-state index in [1.165, 1.54) is 0 Å². The summed E-state index contributed by atoms with van der Waals surface area (Å²) < 4.78 is 28.9. The Morgan fingerprint density at radius 1 is 1.35 bits per heavy atom. The summed E-state index contributed by atoms with van der Waals surface area (Å²) in [6.07, 6.45) is 0. The molecular formula is C9H17N5O2S. The molecule has 8 heteroatoms. The van der Waals surface area contributed by atoms with Crippen LogP contribution in [0.1, 0.15) is 6.92 Å². The Labute approximate surface area is 101 Å². The third-order valence-electron chi connectivity index (χ3n) is 2.76. The number of hydrogen-bond acceptors (Lipinski definition) is 5. The van der Waals surface area contributed by atoms with E-state index in [9.17, 15) is 8.42 Å². The summed E-state index contributed by atoms with van der Waals surface area (Å²) >= 11 is 0. The zero-order chi connectivity index (χ0) is 12.5. The van der Waals surface area contributed by atoms with Gasteiger partial charge in [-0.15, -0.1) is 4.40 Å². The van der Waals surface area contributed by atoms with Gasteiger partial charge >= 0.3 is 10.2 Å². The fourth-order valence-corrected chi connectivity index (χ4v) is 2.71. The molecule has 0 atom stereocenters. The van der Waals surface area contributed by atoms with E-state index in [1.54, 1.807) is 0 Å². The number of nitrogens with one attached hydrogen (secondary N) is 1. The van der Waals surface area contributed by atoms with Gasteiger partial charge in [0, 0.05) is 32.7 Å². The summed E-state index contributed by atoms with van der Waals surface area (Å²) in [5.74, 6) is 0.831. The second kappa shape index (κ2) is 4.61. The Morgan fingerprint density at radius 2 is 2.00 bits per heavy atom. The molecule has 2 heterocycles. The third kappa shape index (κ3) is 2.75. The Bertz CT molecular complexity index is 448. The molecule has 0 aromatic heterocycles. The van der Waals surface area contributed by atoms with Crippen LogP contribution in [-0.2, 0) is 10.2 Å². The summed E-state index contributed by atoms with van der Waals surface area (Å²) in [5.41, 5.74) is 0. The van der Waals surface area contributed by atoms with Crippen molar-refractivity contribution in [2.75, 3.05) is 39.8 Å². The first-order valence-corrected chi connectivity index (χ1v) is 7.07. The van der Waals surface area contributed by atoms with Crippen molar-refractivity contribution in [3.63, 3.8) is 0 Å². The van der Waals surface area contributed by atoms with Gasteiger partial charge in [0.2, 0.25) is 0 Å². The molecule has 2 aliphatic heterocycles. The largest absolute Gasteiger partial charge is 0.350 e.